The van der Waals surface area contributed by atoms with Crippen LogP contribution in [0.25, 0.3) is 10.9 Å². The molecule has 1 amide bonds. The Bertz CT molecular complexity index is 695. The SMILES string of the molecule is CC(C)(C)OC(=O)NCc1c[nH]c2cc3c(cc12)CCCC3. The van der Waals surface area contributed by atoms with Crippen LogP contribution in [0.3, 0.4) is 0 Å². The van der Waals surface area contributed by atoms with E-state index in [2.05, 4.69) is 22.4 Å². The van der Waals surface area contributed by atoms with Gasteiger partial charge in [0, 0.05) is 23.6 Å². The maximum absolute atomic E-state index is 11.8. The number of aromatic nitrogens is 1. The summed E-state index contributed by atoms with van der Waals surface area (Å²) in [7, 11) is 0. The predicted molar refractivity (Wildman–Crippen MR) is 88.0 cm³/mol. The Morgan fingerprint density at radius 2 is 1.91 bits per heavy atom. The fourth-order valence-corrected chi connectivity index (χ4v) is 3.04. The first-order chi connectivity index (χ1) is 10.4. The van der Waals surface area contributed by atoms with Gasteiger partial charge in [0.15, 0.2) is 0 Å². The van der Waals surface area contributed by atoms with Crippen molar-refractivity contribution in [1.29, 1.82) is 0 Å². The second-order valence-corrected chi connectivity index (χ2v) is 7.04. The lowest BCUT2D eigenvalue weighted by Gasteiger charge is -2.19. The Morgan fingerprint density at radius 1 is 1.23 bits per heavy atom. The van der Waals surface area contributed by atoms with Crippen molar-refractivity contribution in [3.05, 3.63) is 35.0 Å². The lowest BCUT2D eigenvalue weighted by atomic mass is 9.90. The van der Waals surface area contributed by atoms with Crippen molar-refractivity contribution in [2.24, 2.45) is 0 Å². The van der Waals surface area contributed by atoms with Gasteiger partial charge in [0.2, 0.25) is 0 Å². The Hall–Kier alpha value is -1.97. The molecular formula is C18H24N2O2. The first-order valence-corrected chi connectivity index (χ1v) is 8.01. The minimum Gasteiger partial charge on any atom is -0.444 e. The number of carbonyl (C=O) groups excluding carboxylic acids is 1. The molecule has 1 heterocycles. The summed E-state index contributed by atoms with van der Waals surface area (Å²) in [5, 5.41) is 4.04. The van der Waals surface area contributed by atoms with Gasteiger partial charge in [-0.15, -0.1) is 0 Å². The molecule has 0 fully saturated rings. The lowest BCUT2D eigenvalue weighted by molar-refractivity contribution is 0.0524. The molecule has 1 aliphatic rings. The van der Waals surface area contributed by atoms with Gasteiger partial charge in [-0.25, -0.2) is 4.79 Å². The summed E-state index contributed by atoms with van der Waals surface area (Å²) in [6, 6.07) is 4.55. The summed E-state index contributed by atoms with van der Waals surface area (Å²) in [4.78, 5) is 15.1. The number of alkyl carbamates (subject to hydrolysis) is 1. The van der Waals surface area contributed by atoms with Crippen molar-refractivity contribution in [1.82, 2.24) is 10.3 Å². The Labute approximate surface area is 131 Å². The first kappa shape index (κ1) is 14.9. The second kappa shape index (κ2) is 5.67. The third-order valence-electron chi connectivity index (χ3n) is 4.05. The number of nitrogens with one attached hydrogen (secondary N) is 2. The zero-order valence-corrected chi connectivity index (χ0v) is 13.6. The number of hydrogen-bond donors (Lipinski definition) is 2. The largest absolute Gasteiger partial charge is 0.444 e. The molecule has 0 saturated heterocycles. The number of ether oxygens (including phenoxy) is 1. The van der Waals surface area contributed by atoms with Crippen molar-refractivity contribution >= 4 is 17.0 Å². The third kappa shape index (κ3) is 3.26. The van der Waals surface area contributed by atoms with Crippen LogP contribution < -0.4 is 5.32 Å². The Morgan fingerprint density at radius 3 is 2.59 bits per heavy atom. The minimum atomic E-state index is -0.469. The molecule has 118 valence electrons. The number of carbonyl (C=O) groups is 1. The van der Waals surface area contributed by atoms with Gasteiger partial charge in [-0.3, -0.25) is 0 Å². The van der Waals surface area contributed by atoms with Crippen molar-refractivity contribution < 1.29 is 9.53 Å². The predicted octanol–water partition coefficient (Wildman–Crippen LogP) is 4.07. The summed E-state index contributed by atoms with van der Waals surface area (Å²) in [6.07, 6.45) is 6.50. The Balaban J connectivity index is 1.76. The number of benzene rings is 1. The minimum absolute atomic E-state index is 0.375. The van der Waals surface area contributed by atoms with Gasteiger partial charge in [-0.2, -0.15) is 0 Å². The van der Waals surface area contributed by atoms with Gasteiger partial charge in [-0.05, 0) is 75.3 Å². The molecule has 3 rings (SSSR count). The maximum atomic E-state index is 11.8. The molecule has 22 heavy (non-hydrogen) atoms. The number of hydrogen-bond acceptors (Lipinski definition) is 2. The highest BCUT2D eigenvalue weighted by atomic mass is 16.6. The van der Waals surface area contributed by atoms with E-state index >= 15 is 0 Å². The molecule has 0 bridgehead atoms. The van der Waals surface area contributed by atoms with Crippen molar-refractivity contribution in [2.75, 3.05) is 0 Å². The van der Waals surface area contributed by atoms with Crippen LogP contribution in [0.2, 0.25) is 0 Å². The number of fused-ring (bicyclic) bond motifs is 2. The average Bonchev–Trinajstić information content (AvgIpc) is 2.83. The standard InChI is InChI=1S/C18H24N2O2/c1-18(2,3)22-17(21)20-11-14-10-19-16-9-13-7-5-4-6-12(13)8-15(14)16/h8-10,19H,4-7,11H2,1-3H3,(H,20,21). The number of rotatable bonds is 2. The molecule has 1 aromatic carbocycles. The van der Waals surface area contributed by atoms with E-state index in [-0.39, 0.29) is 6.09 Å². The lowest BCUT2D eigenvalue weighted by Crippen LogP contribution is -2.32. The summed E-state index contributed by atoms with van der Waals surface area (Å²) in [5.74, 6) is 0. The first-order valence-electron chi connectivity index (χ1n) is 8.01. The zero-order chi connectivity index (χ0) is 15.7. The van der Waals surface area contributed by atoms with Crippen LogP contribution in [0.5, 0.6) is 0 Å². The molecule has 0 aliphatic heterocycles. The molecule has 0 saturated carbocycles. The molecule has 2 N–H and O–H groups in total. The summed E-state index contributed by atoms with van der Waals surface area (Å²) >= 11 is 0. The van der Waals surface area contributed by atoms with E-state index in [1.807, 2.05) is 27.0 Å². The van der Waals surface area contributed by atoms with E-state index in [1.54, 1.807) is 0 Å². The van der Waals surface area contributed by atoms with E-state index in [0.29, 0.717) is 6.54 Å². The number of aryl methyl sites for hydroxylation is 2. The molecule has 4 heteroatoms. The van der Waals surface area contributed by atoms with E-state index in [1.165, 1.54) is 35.8 Å². The van der Waals surface area contributed by atoms with Gasteiger partial charge in [0.1, 0.15) is 5.60 Å². The molecule has 0 spiro atoms. The monoisotopic (exact) mass is 300 g/mol. The van der Waals surface area contributed by atoms with Crippen molar-refractivity contribution in [3.8, 4) is 0 Å². The summed E-state index contributed by atoms with van der Waals surface area (Å²) < 4.78 is 5.28. The molecule has 1 aliphatic carbocycles. The molecule has 2 aromatic rings. The number of H-pyrrole nitrogens is 1. The molecule has 4 nitrogen and oxygen atoms in total. The van der Waals surface area contributed by atoms with Crippen LogP contribution in [0.1, 0.15) is 50.3 Å². The molecular weight excluding hydrogens is 276 g/mol. The van der Waals surface area contributed by atoms with Crippen LogP contribution >= 0.6 is 0 Å². The van der Waals surface area contributed by atoms with E-state index < -0.39 is 5.60 Å². The van der Waals surface area contributed by atoms with E-state index in [4.69, 9.17) is 4.74 Å². The normalized spacial score (nSPS) is 14.7. The fourth-order valence-electron chi connectivity index (χ4n) is 3.04. The molecule has 0 radical (unpaired) electrons. The Kier molecular flexibility index (Phi) is 3.85. The fraction of sp³-hybridized carbons (Fsp3) is 0.500. The van der Waals surface area contributed by atoms with Crippen LogP contribution in [-0.4, -0.2) is 16.7 Å². The summed E-state index contributed by atoms with van der Waals surface area (Å²) in [6.45, 7) is 6.08. The van der Waals surface area contributed by atoms with Crippen LogP contribution in [-0.2, 0) is 24.1 Å². The zero-order valence-electron chi connectivity index (χ0n) is 13.6. The number of aromatic amines is 1. The van der Waals surface area contributed by atoms with E-state index in [0.717, 1.165) is 17.5 Å². The van der Waals surface area contributed by atoms with Gasteiger partial charge in [0.25, 0.3) is 0 Å². The third-order valence-corrected chi connectivity index (χ3v) is 4.05. The highest BCUT2D eigenvalue weighted by molar-refractivity contribution is 5.85. The van der Waals surface area contributed by atoms with E-state index in [9.17, 15) is 4.79 Å². The van der Waals surface area contributed by atoms with Gasteiger partial charge >= 0.3 is 6.09 Å². The highest BCUT2D eigenvalue weighted by Gasteiger charge is 2.17. The maximum Gasteiger partial charge on any atom is 0.407 e. The van der Waals surface area contributed by atoms with Crippen LogP contribution in [0.15, 0.2) is 18.3 Å². The van der Waals surface area contributed by atoms with Crippen LogP contribution in [0, 0.1) is 0 Å². The van der Waals surface area contributed by atoms with Gasteiger partial charge in [0.05, 0.1) is 0 Å². The molecule has 1 aromatic heterocycles. The quantitative estimate of drug-likeness (QED) is 0.878. The van der Waals surface area contributed by atoms with Crippen molar-refractivity contribution in [3.63, 3.8) is 0 Å². The topological polar surface area (TPSA) is 54.1 Å². The highest BCUT2D eigenvalue weighted by Crippen LogP contribution is 2.28. The van der Waals surface area contributed by atoms with Crippen molar-refractivity contribution in [2.45, 2.75) is 58.6 Å². The van der Waals surface area contributed by atoms with Crippen LogP contribution in [0.4, 0.5) is 4.79 Å². The molecule has 0 atom stereocenters. The van der Waals surface area contributed by atoms with Gasteiger partial charge in [-0.1, -0.05) is 0 Å². The molecule has 0 unspecified atom stereocenters. The second-order valence-electron chi connectivity index (χ2n) is 7.04. The average molecular weight is 300 g/mol. The number of amides is 1. The summed E-state index contributed by atoms with van der Waals surface area (Å²) in [5.41, 5.74) is 4.71. The smallest absolute Gasteiger partial charge is 0.407 e. The van der Waals surface area contributed by atoms with Gasteiger partial charge < -0.3 is 15.0 Å².